The van der Waals surface area contributed by atoms with Crippen LogP contribution in [0.3, 0.4) is 0 Å². The van der Waals surface area contributed by atoms with Gasteiger partial charge in [0.25, 0.3) is 0 Å². The van der Waals surface area contributed by atoms with Gasteiger partial charge in [-0.15, -0.1) is 0 Å². The molecule has 0 radical (unpaired) electrons. The van der Waals surface area contributed by atoms with Crippen LogP contribution in [0.15, 0.2) is 48.5 Å². The lowest BCUT2D eigenvalue weighted by Crippen LogP contribution is -2.49. The van der Waals surface area contributed by atoms with E-state index in [4.69, 9.17) is 0 Å². The number of piperazine rings is 1. The van der Waals surface area contributed by atoms with E-state index in [2.05, 4.69) is 60.5 Å². The molecule has 0 spiro atoms. The number of anilines is 1. The molecule has 0 unspecified atom stereocenters. The molecular weight excluding hydrogens is 310 g/mol. The number of aryl methyl sites for hydroxylation is 2. The van der Waals surface area contributed by atoms with Crippen LogP contribution < -0.4 is 5.32 Å². The van der Waals surface area contributed by atoms with Gasteiger partial charge in [-0.2, -0.15) is 0 Å². The molecule has 1 aliphatic heterocycles. The molecule has 2 amide bonds. The Bertz CT molecular complexity index is 686. The fourth-order valence-corrected chi connectivity index (χ4v) is 3.09. The Morgan fingerprint density at radius 3 is 2.12 bits per heavy atom. The minimum absolute atomic E-state index is 0.000709. The number of nitrogens with zero attached hydrogens (tertiary/aromatic N) is 2. The van der Waals surface area contributed by atoms with E-state index < -0.39 is 0 Å². The van der Waals surface area contributed by atoms with Crippen LogP contribution in [0.2, 0.25) is 0 Å². The summed E-state index contributed by atoms with van der Waals surface area (Å²) in [6.45, 7) is 8.55. The average Bonchev–Trinajstić information content (AvgIpc) is 2.65. The highest BCUT2D eigenvalue weighted by molar-refractivity contribution is 5.89. The summed E-state index contributed by atoms with van der Waals surface area (Å²) >= 11 is 0. The van der Waals surface area contributed by atoms with Gasteiger partial charge in [0, 0.05) is 38.4 Å². The Kier molecular flexibility index (Phi) is 5.71. The largest absolute Gasteiger partial charge is 0.322 e. The highest BCUT2D eigenvalue weighted by atomic mass is 16.2. The summed E-state index contributed by atoms with van der Waals surface area (Å²) in [5.74, 6) is 0. The van der Waals surface area contributed by atoms with E-state index in [9.17, 15) is 4.79 Å². The van der Waals surface area contributed by atoms with Crippen molar-refractivity contribution in [3.05, 3.63) is 65.2 Å². The predicted octanol–water partition coefficient (Wildman–Crippen LogP) is 3.91. The maximum absolute atomic E-state index is 12.4. The molecule has 1 fully saturated rings. The second kappa shape index (κ2) is 8.17. The standard InChI is InChI=1S/C21H27N3O/c1-3-18-8-10-20(11-9-18)22-21(25)24-14-12-23(13-15-24)16-19-6-4-17(2)5-7-19/h4-11H,3,12-16H2,1-2H3,(H,22,25). The molecule has 1 N–H and O–H groups in total. The van der Waals surface area contributed by atoms with Crippen molar-refractivity contribution in [1.82, 2.24) is 9.80 Å². The third-order valence-corrected chi connectivity index (χ3v) is 4.80. The molecular formula is C21H27N3O. The van der Waals surface area contributed by atoms with Crippen molar-refractivity contribution in [1.29, 1.82) is 0 Å². The first-order valence-electron chi connectivity index (χ1n) is 9.07. The Hall–Kier alpha value is -2.33. The molecule has 0 saturated carbocycles. The molecule has 2 aromatic rings. The van der Waals surface area contributed by atoms with Gasteiger partial charge in [0.15, 0.2) is 0 Å². The van der Waals surface area contributed by atoms with E-state index in [0.29, 0.717) is 0 Å². The van der Waals surface area contributed by atoms with Crippen molar-refractivity contribution in [3.63, 3.8) is 0 Å². The van der Waals surface area contributed by atoms with Crippen LogP contribution in [0.4, 0.5) is 10.5 Å². The van der Waals surface area contributed by atoms with Crippen LogP contribution >= 0.6 is 0 Å². The zero-order valence-corrected chi connectivity index (χ0v) is 15.2. The number of amides is 2. The molecule has 25 heavy (non-hydrogen) atoms. The zero-order chi connectivity index (χ0) is 17.6. The molecule has 0 atom stereocenters. The van der Waals surface area contributed by atoms with E-state index in [0.717, 1.165) is 44.8 Å². The maximum Gasteiger partial charge on any atom is 0.321 e. The van der Waals surface area contributed by atoms with E-state index in [-0.39, 0.29) is 6.03 Å². The summed E-state index contributed by atoms with van der Waals surface area (Å²) in [4.78, 5) is 16.7. The van der Waals surface area contributed by atoms with E-state index in [1.807, 2.05) is 17.0 Å². The molecule has 4 nitrogen and oxygen atoms in total. The Morgan fingerprint density at radius 1 is 0.920 bits per heavy atom. The summed E-state index contributed by atoms with van der Waals surface area (Å²) in [5, 5.41) is 3.00. The molecule has 4 heteroatoms. The van der Waals surface area contributed by atoms with Gasteiger partial charge in [-0.05, 0) is 36.6 Å². The first kappa shape index (κ1) is 17.5. The number of carbonyl (C=O) groups excluding carboxylic acids is 1. The quantitative estimate of drug-likeness (QED) is 0.918. The summed E-state index contributed by atoms with van der Waals surface area (Å²) < 4.78 is 0. The summed E-state index contributed by atoms with van der Waals surface area (Å²) in [6, 6.07) is 16.8. The average molecular weight is 337 g/mol. The fraction of sp³-hybridized carbons (Fsp3) is 0.381. The monoisotopic (exact) mass is 337 g/mol. The molecule has 132 valence electrons. The predicted molar refractivity (Wildman–Crippen MR) is 103 cm³/mol. The first-order valence-corrected chi connectivity index (χ1v) is 9.07. The number of hydrogen-bond donors (Lipinski definition) is 1. The van der Waals surface area contributed by atoms with Crippen molar-refractivity contribution in [2.45, 2.75) is 26.8 Å². The van der Waals surface area contributed by atoms with Gasteiger partial charge in [0.2, 0.25) is 0 Å². The van der Waals surface area contributed by atoms with Gasteiger partial charge in [-0.3, -0.25) is 4.90 Å². The third-order valence-electron chi connectivity index (χ3n) is 4.80. The summed E-state index contributed by atoms with van der Waals surface area (Å²) in [5.41, 5.74) is 4.77. The normalized spacial score (nSPS) is 15.2. The number of carbonyl (C=O) groups is 1. The van der Waals surface area contributed by atoms with Gasteiger partial charge in [-0.1, -0.05) is 48.9 Å². The lowest BCUT2D eigenvalue weighted by atomic mass is 10.1. The van der Waals surface area contributed by atoms with Crippen molar-refractivity contribution in [2.75, 3.05) is 31.5 Å². The fourth-order valence-electron chi connectivity index (χ4n) is 3.09. The first-order chi connectivity index (χ1) is 12.1. The Labute approximate surface area is 150 Å². The van der Waals surface area contributed by atoms with Crippen LogP contribution in [0.25, 0.3) is 0 Å². The van der Waals surface area contributed by atoms with Gasteiger partial charge < -0.3 is 10.2 Å². The number of nitrogens with one attached hydrogen (secondary N) is 1. The minimum atomic E-state index is -0.000709. The highest BCUT2D eigenvalue weighted by Gasteiger charge is 2.21. The molecule has 1 heterocycles. The van der Waals surface area contributed by atoms with Crippen LogP contribution in [0.5, 0.6) is 0 Å². The molecule has 0 aromatic heterocycles. The number of urea groups is 1. The van der Waals surface area contributed by atoms with Crippen molar-refractivity contribution < 1.29 is 4.79 Å². The van der Waals surface area contributed by atoms with Crippen molar-refractivity contribution >= 4 is 11.7 Å². The Balaban J connectivity index is 1.47. The third kappa shape index (κ3) is 4.83. The van der Waals surface area contributed by atoms with Gasteiger partial charge in [0.1, 0.15) is 0 Å². The molecule has 3 rings (SSSR count). The molecule has 1 aliphatic rings. The lowest BCUT2D eigenvalue weighted by Gasteiger charge is -2.34. The van der Waals surface area contributed by atoms with E-state index in [1.54, 1.807) is 0 Å². The second-order valence-corrected chi connectivity index (χ2v) is 6.73. The number of hydrogen-bond acceptors (Lipinski definition) is 2. The van der Waals surface area contributed by atoms with Crippen molar-refractivity contribution in [3.8, 4) is 0 Å². The minimum Gasteiger partial charge on any atom is -0.322 e. The van der Waals surface area contributed by atoms with Crippen LogP contribution in [-0.4, -0.2) is 42.0 Å². The second-order valence-electron chi connectivity index (χ2n) is 6.73. The Morgan fingerprint density at radius 2 is 1.52 bits per heavy atom. The van der Waals surface area contributed by atoms with Gasteiger partial charge in [-0.25, -0.2) is 4.79 Å². The van der Waals surface area contributed by atoms with E-state index in [1.165, 1.54) is 16.7 Å². The lowest BCUT2D eigenvalue weighted by molar-refractivity contribution is 0.143. The molecule has 0 bridgehead atoms. The van der Waals surface area contributed by atoms with Gasteiger partial charge >= 0.3 is 6.03 Å². The SMILES string of the molecule is CCc1ccc(NC(=O)N2CCN(Cc3ccc(C)cc3)CC2)cc1. The molecule has 2 aromatic carbocycles. The smallest absolute Gasteiger partial charge is 0.321 e. The molecule has 1 saturated heterocycles. The van der Waals surface area contributed by atoms with Crippen LogP contribution in [-0.2, 0) is 13.0 Å². The number of benzene rings is 2. The van der Waals surface area contributed by atoms with Gasteiger partial charge in [0.05, 0.1) is 0 Å². The van der Waals surface area contributed by atoms with Crippen molar-refractivity contribution in [2.24, 2.45) is 0 Å². The highest BCUT2D eigenvalue weighted by Crippen LogP contribution is 2.13. The summed E-state index contributed by atoms with van der Waals surface area (Å²) in [7, 11) is 0. The zero-order valence-electron chi connectivity index (χ0n) is 15.2. The maximum atomic E-state index is 12.4. The number of rotatable bonds is 4. The summed E-state index contributed by atoms with van der Waals surface area (Å²) in [6.07, 6.45) is 1.01. The molecule has 0 aliphatic carbocycles. The van der Waals surface area contributed by atoms with Crippen LogP contribution in [0, 0.1) is 6.92 Å². The van der Waals surface area contributed by atoms with Crippen LogP contribution in [0.1, 0.15) is 23.6 Å². The van der Waals surface area contributed by atoms with E-state index >= 15 is 0 Å². The topological polar surface area (TPSA) is 35.6 Å².